The van der Waals surface area contributed by atoms with Gasteiger partial charge in [0.25, 0.3) is 0 Å². The SMILES string of the molecule is CN(C)C(C)(N(C)C)N(C)C.[CH2-]OC.[CH2-]OC.[CH2-]OC.[Cr+3]. The Hall–Kier alpha value is 0.292. The first-order valence-electron chi connectivity index (χ1n) is 5.94. The van der Waals surface area contributed by atoms with E-state index in [4.69, 9.17) is 0 Å². The second-order valence-corrected chi connectivity index (χ2v) is 4.52. The zero-order valence-electron chi connectivity index (χ0n) is 15.6. The van der Waals surface area contributed by atoms with Gasteiger partial charge in [0.1, 0.15) is 5.79 Å². The molecule has 0 bridgehead atoms. The van der Waals surface area contributed by atoms with E-state index in [1.807, 2.05) is 0 Å². The molecule has 1 radical (unpaired) electrons. The summed E-state index contributed by atoms with van der Waals surface area (Å²) in [5, 5.41) is 0. The minimum absolute atomic E-state index is 0. The van der Waals surface area contributed by atoms with Gasteiger partial charge in [-0.2, -0.15) is 0 Å². The molecule has 0 aliphatic rings. The summed E-state index contributed by atoms with van der Waals surface area (Å²) in [6, 6.07) is 0. The van der Waals surface area contributed by atoms with Gasteiger partial charge in [0.2, 0.25) is 0 Å². The van der Waals surface area contributed by atoms with Gasteiger partial charge in [0, 0.05) is 0 Å². The van der Waals surface area contributed by atoms with Crippen molar-refractivity contribution in [2.45, 2.75) is 12.7 Å². The summed E-state index contributed by atoms with van der Waals surface area (Å²) in [5.74, 6) is 0. The van der Waals surface area contributed by atoms with Gasteiger partial charge in [0.05, 0.1) is 0 Å². The smallest absolute Gasteiger partial charge is 0.557 e. The van der Waals surface area contributed by atoms with Gasteiger partial charge >= 0.3 is 17.4 Å². The molecule has 7 heteroatoms. The Morgan fingerprint density at radius 3 is 0.714 bits per heavy atom. The summed E-state index contributed by atoms with van der Waals surface area (Å²) >= 11 is 0. The topological polar surface area (TPSA) is 37.4 Å². The Bertz CT molecular complexity index is 145. The molecule has 21 heavy (non-hydrogen) atoms. The Labute approximate surface area is 144 Å². The monoisotopic (exact) mass is 346 g/mol. The van der Waals surface area contributed by atoms with Crippen LogP contribution in [0.5, 0.6) is 0 Å². The third-order valence-electron chi connectivity index (χ3n) is 2.54. The summed E-state index contributed by atoms with van der Waals surface area (Å²) in [4.78, 5) is 6.56. The van der Waals surface area contributed by atoms with Gasteiger partial charge in [-0.1, -0.05) is 0 Å². The van der Waals surface area contributed by atoms with Crippen LogP contribution in [0.2, 0.25) is 0 Å². The van der Waals surface area contributed by atoms with Gasteiger partial charge < -0.3 is 14.2 Å². The molecule has 0 fully saturated rings. The third kappa shape index (κ3) is 20.3. The van der Waals surface area contributed by atoms with E-state index in [1.54, 1.807) is 0 Å². The summed E-state index contributed by atoms with van der Waals surface area (Å²) in [5.41, 5.74) is 0. The van der Waals surface area contributed by atoms with E-state index in [2.05, 4.69) is 99.4 Å². The number of nitrogens with zero attached hydrogens (tertiary/aromatic N) is 3. The number of hydrogen-bond acceptors (Lipinski definition) is 6. The molecule has 0 unspecified atom stereocenters. The summed E-state index contributed by atoms with van der Waals surface area (Å²) < 4.78 is 12.0. The summed E-state index contributed by atoms with van der Waals surface area (Å²) in [6.07, 6.45) is 0. The first-order valence-corrected chi connectivity index (χ1v) is 5.94. The van der Waals surface area contributed by atoms with Crippen molar-refractivity contribution < 1.29 is 31.6 Å². The van der Waals surface area contributed by atoms with Crippen LogP contribution in [0, 0.1) is 21.3 Å². The van der Waals surface area contributed by atoms with Crippen molar-refractivity contribution in [3.05, 3.63) is 21.3 Å². The fraction of sp³-hybridized carbons (Fsp3) is 0.786. The van der Waals surface area contributed by atoms with Crippen LogP contribution in [0.3, 0.4) is 0 Å². The van der Waals surface area contributed by atoms with Crippen LogP contribution in [-0.4, -0.2) is 84.1 Å². The van der Waals surface area contributed by atoms with Crippen molar-refractivity contribution in [3.8, 4) is 0 Å². The van der Waals surface area contributed by atoms with Gasteiger partial charge in [-0.05, 0) is 70.5 Å². The van der Waals surface area contributed by atoms with Crippen molar-refractivity contribution >= 4 is 0 Å². The van der Waals surface area contributed by atoms with E-state index in [0.29, 0.717) is 0 Å². The van der Waals surface area contributed by atoms with Gasteiger partial charge in [-0.3, -0.25) is 14.7 Å². The predicted octanol–water partition coefficient (Wildman–Crippen LogP) is 1.62. The van der Waals surface area contributed by atoms with E-state index in [0.717, 1.165) is 0 Å². The molecule has 0 atom stereocenters. The van der Waals surface area contributed by atoms with Crippen LogP contribution in [0.4, 0.5) is 0 Å². The molecule has 0 saturated heterocycles. The molecule has 0 amide bonds. The molecule has 0 spiro atoms. The maximum Gasteiger partial charge on any atom is 3.00 e. The largest absolute Gasteiger partial charge is 3.00 e. The van der Waals surface area contributed by atoms with Crippen molar-refractivity contribution in [3.63, 3.8) is 0 Å². The maximum atomic E-state index is 4.00. The molecule has 131 valence electrons. The standard InChI is InChI=1S/C8H21N3.3C2H5O.Cr/c1-8(9(2)3,10(4)5)11(6)7;3*1-3-2;/h1-7H3;3*1H2,2H3;/q;3*-1;+3. The average molecular weight is 346 g/mol. The Balaban J connectivity index is -0.0000000711. The number of methoxy groups -OCH3 is 3. The van der Waals surface area contributed by atoms with Crippen molar-refractivity contribution in [2.24, 2.45) is 0 Å². The van der Waals surface area contributed by atoms with Crippen LogP contribution in [0.1, 0.15) is 6.92 Å². The van der Waals surface area contributed by atoms with E-state index in [1.165, 1.54) is 21.3 Å². The molecule has 0 saturated carbocycles. The Morgan fingerprint density at radius 2 is 0.714 bits per heavy atom. The molecule has 0 aromatic rings. The van der Waals surface area contributed by atoms with E-state index >= 15 is 0 Å². The van der Waals surface area contributed by atoms with Gasteiger partial charge in [0.15, 0.2) is 0 Å². The van der Waals surface area contributed by atoms with Crippen molar-refractivity contribution in [2.75, 3.05) is 63.6 Å². The molecular formula is C14H36CrN3O3. The molecule has 6 nitrogen and oxygen atoms in total. The fourth-order valence-electron chi connectivity index (χ4n) is 1.20. The maximum absolute atomic E-state index is 4.00. The molecule has 0 aliphatic carbocycles. The molecule has 0 aromatic heterocycles. The van der Waals surface area contributed by atoms with Gasteiger partial charge in [-0.15, -0.1) is 0 Å². The summed E-state index contributed by atoms with van der Waals surface area (Å²) in [6.45, 7) is 2.19. The molecule has 0 rings (SSSR count). The number of hydrogen-bond donors (Lipinski definition) is 0. The number of ether oxygens (including phenoxy) is 3. The van der Waals surface area contributed by atoms with Crippen LogP contribution in [0.15, 0.2) is 0 Å². The van der Waals surface area contributed by atoms with Gasteiger partial charge in [-0.25, -0.2) is 21.3 Å². The fourth-order valence-corrected chi connectivity index (χ4v) is 1.20. The average Bonchev–Trinajstić information content (AvgIpc) is 2.30. The molecule has 0 N–H and O–H groups in total. The molecule has 0 aliphatic heterocycles. The zero-order chi connectivity index (χ0) is 17.4. The van der Waals surface area contributed by atoms with Crippen LogP contribution < -0.4 is 0 Å². The Morgan fingerprint density at radius 1 is 0.619 bits per heavy atom. The van der Waals surface area contributed by atoms with Crippen LogP contribution >= 0.6 is 0 Å². The zero-order valence-corrected chi connectivity index (χ0v) is 16.9. The summed E-state index contributed by atoms with van der Waals surface area (Å²) in [7, 11) is 26.0. The quantitative estimate of drug-likeness (QED) is 0.571. The van der Waals surface area contributed by atoms with Crippen molar-refractivity contribution in [1.29, 1.82) is 0 Å². The first kappa shape index (κ1) is 33.0. The molecule has 0 aromatic carbocycles. The second kappa shape index (κ2) is 22.6. The third-order valence-corrected chi connectivity index (χ3v) is 2.54. The van der Waals surface area contributed by atoms with Crippen molar-refractivity contribution in [1.82, 2.24) is 14.7 Å². The van der Waals surface area contributed by atoms with E-state index in [-0.39, 0.29) is 23.1 Å². The molecule has 0 heterocycles. The minimum atomic E-state index is 0. The normalized spacial score (nSPS) is 9.71. The van der Waals surface area contributed by atoms with Crippen LogP contribution in [0.25, 0.3) is 0 Å². The minimum Gasteiger partial charge on any atom is -0.557 e. The van der Waals surface area contributed by atoms with E-state index in [9.17, 15) is 0 Å². The second-order valence-electron chi connectivity index (χ2n) is 4.52. The molecular weight excluding hydrogens is 310 g/mol. The predicted molar refractivity (Wildman–Crippen MR) is 86.6 cm³/mol. The number of rotatable bonds is 3. The first-order chi connectivity index (χ1) is 9.07. The Kier molecular flexibility index (Phi) is 35.5. The van der Waals surface area contributed by atoms with E-state index < -0.39 is 0 Å². The van der Waals surface area contributed by atoms with Crippen LogP contribution in [-0.2, 0) is 31.6 Å².